The van der Waals surface area contributed by atoms with Gasteiger partial charge in [-0.25, -0.2) is 4.79 Å². The van der Waals surface area contributed by atoms with Gasteiger partial charge < -0.3 is 15.5 Å². The van der Waals surface area contributed by atoms with Crippen molar-refractivity contribution in [2.45, 2.75) is 19.3 Å². The first-order valence-corrected chi connectivity index (χ1v) is 7.45. The normalized spacial score (nSPS) is 14.4. The number of carbonyl (C=O) groups excluding carboxylic acids is 2. The lowest BCUT2D eigenvalue weighted by Crippen LogP contribution is -2.43. The van der Waals surface area contributed by atoms with Crippen LogP contribution < -0.4 is 10.6 Å². The summed E-state index contributed by atoms with van der Waals surface area (Å²) in [6.45, 7) is 2.32. The topological polar surface area (TPSA) is 61.4 Å². The van der Waals surface area contributed by atoms with Crippen LogP contribution in [-0.4, -0.2) is 43.0 Å². The lowest BCUT2D eigenvalue weighted by atomic mass is 10.3. The highest BCUT2D eigenvalue weighted by atomic mass is 32.1. The summed E-state index contributed by atoms with van der Waals surface area (Å²) in [5.41, 5.74) is 0. The molecule has 0 radical (unpaired) electrons. The number of thiophene rings is 1. The van der Waals surface area contributed by atoms with Gasteiger partial charge in [0.1, 0.15) is 0 Å². The molecule has 6 heteroatoms. The second kappa shape index (κ2) is 7.13. The van der Waals surface area contributed by atoms with Crippen molar-refractivity contribution in [2.24, 2.45) is 0 Å². The van der Waals surface area contributed by atoms with Crippen molar-refractivity contribution < 1.29 is 9.59 Å². The molecule has 1 aliphatic heterocycles. The Labute approximate surface area is 117 Å². The van der Waals surface area contributed by atoms with Crippen LogP contribution >= 0.6 is 11.3 Å². The van der Waals surface area contributed by atoms with E-state index in [2.05, 4.69) is 10.6 Å². The van der Waals surface area contributed by atoms with E-state index in [4.69, 9.17) is 0 Å². The molecule has 1 aromatic rings. The fourth-order valence-electron chi connectivity index (χ4n) is 2.05. The highest BCUT2D eigenvalue weighted by Crippen LogP contribution is 2.08. The van der Waals surface area contributed by atoms with Crippen LogP contribution in [0.5, 0.6) is 0 Å². The van der Waals surface area contributed by atoms with Gasteiger partial charge in [0, 0.05) is 24.5 Å². The Kier molecular flexibility index (Phi) is 5.20. The molecule has 1 fully saturated rings. The van der Waals surface area contributed by atoms with Gasteiger partial charge in [-0.2, -0.15) is 0 Å². The molecule has 0 unspecified atom stereocenters. The fraction of sp³-hybridized carbons (Fsp3) is 0.538. The molecule has 104 valence electrons. The summed E-state index contributed by atoms with van der Waals surface area (Å²) in [5, 5.41) is 7.37. The lowest BCUT2D eigenvalue weighted by molar-refractivity contribution is -0.128. The first-order chi connectivity index (χ1) is 9.25. The van der Waals surface area contributed by atoms with Gasteiger partial charge in [-0.1, -0.05) is 6.07 Å². The monoisotopic (exact) mass is 281 g/mol. The van der Waals surface area contributed by atoms with Gasteiger partial charge in [0.05, 0.1) is 6.54 Å². The van der Waals surface area contributed by atoms with Gasteiger partial charge in [-0.05, 0) is 30.7 Å². The standard InChI is InChI=1S/C13H19N3O2S/c17-12(16-7-1-2-8-16)10-15-13(18)14-6-5-11-4-3-9-19-11/h3-4,9H,1-2,5-8,10H2,(H2,14,15,18). The molecule has 0 atom stereocenters. The molecule has 2 N–H and O–H groups in total. The average Bonchev–Trinajstić information content (AvgIpc) is 3.08. The van der Waals surface area contributed by atoms with Gasteiger partial charge >= 0.3 is 6.03 Å². The predicted molar refractivity (Wildman–Crippen MR) is 75.2 cm³/mol. The molecular formula is C13H19N3O2S. The third kappa shape index (κ3) is 4.55. The molecule has 0 spiro atoms. The van der Waals surface area contributed by atoms with Crippen molar-refractivity contribution in [2.75, 3.05) is 26.2 Å². The zero-order chi connectivity index (χ0) is 13.5. The SMILES string of the molecule is O=C(NCCc1cccs1)NCC(=O)N1CCCC1. The molecule has 19 heavy (non-hydrogen) atoms. The molecule has 0 saturated carbocycles. The third-order valence-electron chi connectivity index (χ3n) is 3.10. The summed E-state index contributed by atoms with van der Waals surface area (Å²) in [7, 11) is 0. The van der Waals surface area contributed by atoms with Crippen molar-refractivity contribution in [3.63, 3.8) is 0 Å². The number of carbonyl (C=O) groups is 2. The molecule has 3 amide bonds. The van der Waals surface area contributed by atoms with Crippen molar-refractivity contribution in [1.82, 2.24) is 15.5 Å². The van der Waals surface area contributed by atoms with Gasteiger partial charge in [-0.15, -0.1) is 11.3 Å². The number of nitrogens with one attached hydrogen (secondary N) is 2. The highest BCUT2D eigenvalue weighted by Gasteiger charge is 2.17. The average molecular weight is 281 g/mol. The number of amides is 3. The van der Waals surface area contributed by atoms with E-state index >= 15 is 0 Å². The maximum atomic E-state index is 11.7. The number of nitrogens with zero attached hydrogens (tertiary/aromatic N) is 1. The van der Waals surface area contributed by atoms with Crippen LogP contribution in [0.4, 0.5) is 4.79 Å². The van der Waals surface area contributed by atoms with Crippen molar-refractivity contribution in [3.05, 3.63) is 22.4 Å². The smallest absolute Gasteiger partial charge is 0.315 e. The van der Waals surface area contributed by atoms with E-state index < -0.39 is 0 Å². The van der Waals surface area contributed by atoms with Gasteiger partial charge in [-0.3, -0.25) is 4.79 Å². The maximum absolute atomic E-state index is 11.7. The van der Waals surface area contributed by atoms with E-state index in [1.165, 1.54) is 4.88 Å². The number of urea groups is 1. The zero-order valence-electron chi connectivity index (χ0n) is 10.9. The Morgan fingerprint density at radius 2 is 2.05 bits per heavy atom. The van der Waals surface area contributed by atoms with Crippen LogP contribution in [0.2, 0.25) is 0 Å². The fourth-order valence-corrected chi connectivity index (χ4v) is 2.76. The van der Waals surface area contributed by atoms with E-state index in [0.717, 1.165) is 32.4 Å². The maximum Gasteiger partial charge on any atom is 0.315 e. The summed E-state index contributed by atoms with van der Waals surface area (Å²) in [6.07, 6.45) is 2.96. The van der Waals surface area contributed by atoms with Crippen LogP contribution in [0.3, 0.4) is 0 Å². The van der Waals surface area contributed by atoms with Crippen LogP contribution in [0, 0.1) is 0 Å². The molecule has 5 nitrogen and oxygen atoms in total. The van der Waals surface area contributed by atoms with Crippen LogP contribution in [-0.2, 0) is 11.2 Å². The number of likely N-dealkylation sites (tertiary alicyclic amines) is 1. The Hall–Kier alpha value is -1.56. The van der Waals surface area contributed by atoms with E-state index in [1.54, 1.807) is 16.2 Å². The molecule has 0 aliphatic carbocycles. The molecule has 1 aromatic heterocycles. The largest absolute Gasteiger partial charge is 0.341 e. The molecule has 0 bridgehead atoms. The van der Waals surface area contributed by atoms with Crippen molar-refractivity contribution in [1.29, 1.82) is 0 Å². The second-order valence-electron chi connectivity index (χ2n) is 4.53. The van der Waals surface area contributed by atoms with E-state index in [9.17, 15) is 9.59 Å². The minimum atomic E-state index is -0.274. The summed E-state index contributed by atoms with van der Waals surface area (Å²) in [4.78, 5) is 26.2. The molecular weight excluding hydrogens is 262 g/mol. The number of rotatable bonds is 5. The minimum Gasteiger partial charge on any atom is -0.341 e. The Bertz CT molecular complexity index is 414. The first kappa shape index (κ1) is 13.9. The Balaban J connectivity index is 1.57. The van der Waals surface area contributed by atoms with Gasteiger partial charge in [0.25, 0.3) is 0 Å². The summed E-state index contributed by atoms with van der Waals surface area (Å²) in [6, 6.07) is 3.76. The third-order valence-corrected chi connectivity index (χ3v) is 4.03. The minimum absolute atomic E-state index is 0.00547. The van der Waals surface area contributed by atoms with Gasteiger partial charge in [0.15, 0.2) is 0 Å². The van der Waals surface area contributed by atoms with Crippen LogP contribution in [0.1, 0.15) is 17.7 Å². The predicted octanol–water partition coefficient (Wildman–Crippen LogP) is 1.21. The first-order valence-electron chi connectivity index (χ1n) is 6.57. The second-order valence-corrected chi connectivity index (χ2v) is 5.56. The molecule has 1 saturated heterocycles. The summed E-state index contributed by atoms with van der Waals surface area (Å²) < 4.78 is 0. The van der Waals surface area contributed by atoms with Crippen molar-refractivity contribution >= 4 is 23.3 Å². The summed E-state index contributed by atoms with van der Waals surface area (Å²) in [5.74, 6) is 0.00547. The van der Waals surface area contributed by atoms with E-state index in [1.807, 2.05) is 17.5 Å². The van der Waals surface area contributed by atoms with Crippen LogP contribution in [0.25, 0.3) is 0 Å². The Morgan fingerprint density at radius 3 is 2.74 bits per heavy atom. The van der Waals surface area contributed by atoms with Crippen molar-refractivity contribution in [3.8, 4) is 0 Å². The molecule has 2 heterocycles. The molecule has 2 rings (SSSR count). The quantitative estimate of drug-likeness (QED) is 0.852. The zero-order valence-corrected chi connectivity index (χ0v) is 11.7. The molecule has 1 aliphatic rings. The lowest BCUT2D eigenvalue weighted by Gasteiger charge is -2.15. The van der Waals surface area contributed by atoms with E-state index in [-0.39, 0.29) is 18.5 Å². The highest BCUT2D eigenvalue weighted by molar-refractivity contribution is 7.09. The summed E-state index contributed by atoms with van der Waals surface area (Å²) >= 11 is 1.68. The Morgan fingerprint density at radius 1 is 1.26 bits per heavy atom. The number of hydrogen-bond donors (Lipinski definition) is 2. The van der Waals surface area contributed by atoms with Gasteiger partial charge in [0.2, 0.25) is 5.91 Å². The van der Waals surface area contributed by atoms with E-state index in [0.29, 0.717) is 6.54 Å². The van der Waals surface area contributed by atoms with Crippen LogP contribution in [0.15, 0.2) is 17.5 Å². The molecule has 0 aromatic carbocycles. The number of hydrogen-bond acceptors (Lipinski definition) is 3.